The second kappa shape index (κ2) is 4.67. The highest BCUT2D eigenvalue weighted by Gasteiger charge is 2.25. The summed E-state index contributed by atoms with van der Waals surface area (Å²) < 4.78 is 23.1. The third-order valence-electron chi connectivity index (χ3n) is 1.76. The Labute approximate surface area is 66.7 Å². The molecule has 2 nitrogen and oxygen atoms in total. The lowest BCUT2D eigenvalue weighted by Gasteiger charge is -2.25. The van der Waals surface area contributed by atoms with E-state index in [9.17, 15) is 4.39 Å². The standard InChI is InChI=1S/C8H15FO2/c1-2-4-11-8-3-5-10-6-7(8)9/h7-8H,2-6H2,1H3/t7-,8+/m0/s1. The molecule has 1 rings (SSSR count). The zero-order chi connectivity index (χ0) is 8.10. The minimum atomic E-state index is -0.921. The van der Waals surface area contributed by atoms with Crippen LogP contribution in [0.25, 0.3) is 0 Å². The molecule has 0 aromatic heterocycles. The molecule has 0 amide bonds. The van der Waals surface area contributed by atoms with Crippen LogP contribution in [0.1, 0.15) is 19.8 Å². The molecule has 0 unspecified atom stereocenters. The first-order valence-electron chi connectivity index (χ1n) is 4.18. The highest BCUT2D eigenvalue weighted by atomic mass is 19.1. The van der Waals surface area contributed by atoms with Gasteiger partial charge in [0.15, 0.2) is 0 Å². The third-order valence-corrected chi connectivity index (χ3v) is 1.76. The topological polar surface area (TPSA) is 18.5 Å². The molecule has 66 valence electrons. The van der Waals surface area contributed by atoms with E-state index in [2.05, 4.69) is 0 Å². The normalized spacial score (nSPS) is 32.2. The van der Waals surface area contributed by atoms with Gasteiger partial charge in [0.1, 0.15) is 6.17 Å². The lowest BCUT2D eigenvalue weighted by Crippen LogP contribution is -2.35. The Bertz CT molecular complexity index is 108. The molecule has 2 atom stereocenters. The fraction of sp³-hybridized carbons (Fsp3) is 1.00. The lowest BCUT2D eigenvalue weighted by atomic mass is 10.1. The lowest BCUT2D eigenvalue weighted by molar-refractivity contribution is -0.0839. The number of rotatable bonds is 3. The first kappa shape index (κ1) is 8.94. The molecule has 0 aromatic carbocycles. The molecule has 0 bridgehead atoms. The van der Waals surface area contributed by atoms with Crippen LogP contribution in [0.5, 0.6) is 0 Å². The van der Waals surface area contributed by atoms with Crippen molar-refractivity contribution in [2.45, 2.75) is 32.0 Å². The largest absolute Gasteiger partial charge is 0.378 e. The van der Waals surface area contributed by atoms with Gasteiger partial charge < -0.3 is 9.47 Å². The summed E-state index contributed by atoms with van der Waals surface area (Å²) in [5.74, 6) is 0. The average Bonchev–Trinajstić information content (AvgIpc) is 2.03. The summed E-state index contributed by atoms with van der Waals surface area (Å²) >= 11 is 0. The first-order chi connectivity index (χ1) is 5.34. The molecular weight excluding hydrogens is 147 g/mol. The Hall–Kier alpha value is -0.150. The van der Waals surface area contributed by atoms with Gasteiger partial charge in [0.05, 0.1) is 12.7 Å². The predicted molar refractivity (Wildman–Crippen MR) is 40.4 cm³/mol. The Kier molecular flexibility index (Phi) is 3.80. The van der Waals surface area contributed by atoms with Gasteiger partial charge in [-0.05, 0) is 12.8 Å². The van der Waals surface area contributed by atoms with Crippen LogP contribution in [0.15, 0.2) is 0 Å². The van der Waals surface area contributed by atoms with Crippen LogP contribution in [0, 0.1) is 0 Å². The van der Waals surface area contributed by atoms with Crippen LogP contribution < -0.4 is 0 Å². The maximum absolute atomic E-state index is 12.9. The van der Waals surface area contributed by atoms with Crippen LogP contribution in [0.4, 0.5) is 4.39 Å². The van der Waals surface area contributed by atoms with Gasteiger partial charge >= 0.3 is 0 Å². The SMILES string of the molecule is CCCO[C@@H]1CCOC[C@@H]1F. The monoisotopic (exact) mass is 162 g/mol. The van der Waals surface area contributed by atoms with Crippen molar-refractivity contribution in [3.63, 3.8) is 0 Å². The summed E-state index contributed by atoms with van der Waals surface area (Å²) in [4.78, 5) is 0. The molecule has 3 heteroatoms. The van der Waals surface area contributed by atoms with Crippen LogP contribution in [-0.4, -0.2) is 32.1 Å². The molecular formula is C8H15FO2. The van der Waals surface area contributed by atoms with Gasteiger partial charge in [-0.3, -0.25) is 0 Å². The van der Waals surface area contributed by atoms with E-state index in [1.54, 1.807) is 0 Å². The second-order valence-corrected chi connectivity index (χ2v) is 2.79. The summed E-state index contributed by atoms with van der Waals surface area (Å²) in [5, 5.41) is 0. The van der Waals surface area contributed by atoms with Gasteiger partial charge in [0.25, 0.3) is 0 Å². The summed E-state index contributed by atoms with van der Waals surface area (Å²) in [5.41, 5.74) is 0. The van der Waals surface area contributed by atoms with E-state index >= 15 is 0 Å². The molecule has 0 N–H and O–H groups in total. The van der Waals surface area contributed by atoms with Gasteiger partial charge in [-0.25, -0.2) is 4.39 Å². The Morgan fingerprint density at radius 2 is 2.45 bits per heavy atom. The Morgan fingerprint density at radius 1 is 1.64 bits per heavy atom. The molecule has 1 fully saturated rings. The van der Waals surface area contributed by atoms with Crippen LogP contribution >= 0.6 is 0 Å². The smallest absolute Gasteiger partial charge is 0.149 e. The summed E-state index contributed by atoms with van der Waals surface area (Å²) in [6.45, 7) is 3.51. The minimum absolute atomic E-state index is 0.203. The van der Waals surface area contributed by atoms with E-state index in [0.717, 1.165) is 6.42 Å². The quantitative estimate of drug-likeness (QED) is 0.626. The van der Waals surface area contributed by atoms with E-state index in [4.69, 9.17) is 9.47 Å². The van der Waals surface area contributed by atoms with E-state index in [1.165, 1.54) is 0 Å². The Balaban J connectivity index is 2.18. The van der Waals surface area contributed by atoms with Gasteiger partial charge in [0.2, 0.25) is 0 Å². The number of alkyl halides is 1. The van der Waals surface area contributed by atoms with Gasteiger partial charge in [-0.1, -0.05) is 6.92 Å². The third kappa shape index (κ3) is 2.75. The van der Waals surface area contributed by atoms with Gasteiger partial charge in [-0.15, -0.1) is 0 Å². The molecule has 1 heterocycles. The summed E-state index contributed by atoms with van der Waals surface area (Å²) in [6.07, 6.45) is 0.504. The van der Waals surface area contributed by atoms with E-state index in [1.807, 2.05) is 6.92 Å². The van der Waals surface area contributed by atoms with E-state index in [-0.39, 0.29) is 12.7 Å². The van der Waals surface area contributed by atoms with Crippen LogP contribution in [0.2, 0.25) is 0 Å². The average molecular weight is 162 g/mol. The van der Waals surface area contributed by atoms with E-state index < -0.39 is 6.17 Å². The van der Waals surface area contributed by atoms with Crippen LogP contribution in [-0.2, 0) is 9.47 Å². The number of ether oxygens (including phenoxy) is 2. The van der Waals surface area contributed by atoms with Crippen molar-refractivity contribution in [3.05, 3.63) is 0 Å². The molecule has 1 saturated heterocycles. The molecule has 11 heavy (non-hydrogen) atoms. The fourth-order valence-corrected chi connectivity index (χ4v) is 1.14. The minimum Gasteiger partial charge on any atom is -0.378 e. The van der Waals surface area contributed by atoms with Crippen molar-refractivity contribution >= 4 is 0 Å². The highest BCUT2D eigenvalue weighted by molar-refractivity contribution is 4.72. The number of hydrogen-bond donors (Lipinski definition) is 0. The maximum atomic E-state index is 12.9. The second-order valence-electron chi connectivity index (χ2n) is 2.79. The summed E-state index contributed by atoms with van der Waals surface area (Å²) in [6, 6.07) is 0. The van der Waals surface area contributed by atoms with Gasteiger partial charge in [-0.2, -0.15) is 0 Å². The molecule has 0 saturated carbocycles. The number of hydrogen-bond acceptors (Lipinski definition) is 2. The van der Waals surface area contributed by atoms with Crippen molar-refractivity contribution in [2.24, 2.45) is 0 Å². The van der Waals surface area contributed by atoms with Crippen molar-refractivity contribution < 1.29 is 13.9 Å². The first-order valence-corrected chi connectivity index (χ1v) is 4.18. The zero-order valence-corrected chi connectivity index (χ0v) is 6.88. The highest BCUT2D eigenvalue weighted by Crippen LogP contribution is 2.14. The van der Waals surface area contributed by atoms with Crippen molar-refractivity contribution in [2.75, 3.05) is 19.8 Å². The van der Waals surface area contributed by atoms with Gasteiger partial charge in [0, 0.05) is 13.2 Å². The fourth-order valence-electron chi connectivity index (χ4n) is 1.14. The van der Waals surface area contributed by atoms with Crippen molar-refractivity contribution in [1.82, 2.24) is 0 Å². The number of halogens is 1. The van der Waals surface area contributed by atoms with E-state index in [0.29, 0.717) is 19.6 Å². The zero-order valence-electron chi connectivity index (χ0n) is 6.88. The molecule has 0 radical (unpaired) electrons. The van der Waals surface area contributed by atoms with Crippen molar-refractivity contribution in [3.8, 4) is 0 Å². The molecule has 1 aliphatic heterocycles. The summed E-state index contributed by atoms with van der Waals surface area (Å²) in [7, 11) is 0. The molecule has 1 aliphatic rings. The maximum Gasteiger partial charge on any atom is 0.149 e. The Morgan fingerprint density at radius 3 is 3.09 bits per heavy atom. The molecule has 0 aliphatic carbocycles. The van der Waals surface area contributed by atoms with Crippen LogP contribution in [0.3, 0.4) is 0 Å². The molecule has 0 spiro atoms. The van der Waals surface area contributed by atoms with Crippen molar-refractivity contribution in [1.29, 1.82) is 0 Å². The molecule has 0 aromatic rings. The predicted octanol–water partition coefficient (Wildman–Crippen LogP) is 1.54.